The summed E-state index contributed by atoms with van der Waals surface area (Å²) in [6.45, 7) is 6.87. The Bertz CT molecular complexity index is 197. The molecule has 0 fully saturated rings. The van der Waals surface area contributed by atoms with Crippen LogP contribution in [0.25, 0.3) is 0 Å². The Kier molecular flexibility index (Phi) is 10.2. The highest BCUT2D eigenvalue weighted by atomic mass is 16.5. The van der Waals surface area contributed by atoms with Crippen molar-refractivity contribution < 1.29 is 14.6 Å². The molecule has 0 aliphatic rings. The number of aliphatic hydroxyl groups excluding tert-OH is 1. The monoisotopic (exact) mass is 245 g/mol. The van der Waals surface area contributed by atoms with Gasteiger partial charge in [-0.25, -0.2) is 0 Å². The van der Waals surface area contributed by atoms with E-state index in [1.165, 1.54) is 19.3 Å². The van der Waals surface area contributed by atoms with Gasteiger partial charge in [0.2, 0.25) is 0 Å². The minimum absolute atomic E-state index is 0.0719. The highest BCUT2D eigenvalue weighted by Crippen LogP contribution is 2.03. The van der Waals surface area contributed by atoms with Crippen LogP contribution in [0.2, 0.25) is 0 Å². The van der Waals surface area contributed by atoms with Gasteiger partial charge in [0.05, 0.1) is 19.1 Å². The van der Waals surface area contributed by atoms with E-state index in [-0.39, 0.29) is 12.4 Å². The van der Waals surface area contributed by atoms with Crippen LogP contribution in [0, 0.1) is 0 Å². The molecule has 0 aliphatic carbocycles. The van der Waals surface area contributed by atoms with Crippen LogP contribution in [0.15, 0.2) is 0 Å². The molecule has 0 aromatic heterocycles. The van der Waals surface area contributed by atoms with Crippen LogP contribution >= 0.6 is 0 Å². The van der Waals surface area contributed by atoms with Gasteiger partial charge >= 0.3 is 5.97 Å². The molecule has 0 saturated carbocycles. The van der Waals surface area contributed by atoms with Gasteiger partial charge in [0.25, 0.3) is 0 Å². The summed E-state index contributed by atoms with van der Waals surface area (Å²) in [5.74, 6) is -0.333. The topological polar surface area (TPSA) is 58.6 Å². The molecule has 0 rings (SSSR count). The lowest BCUT2D eigenvalue weighted by atomic mass is 10.1. The Morgan fingerprint density at radius 3 is 2.65 bits per heavy atom. The van der Waals surface area contributed by atoms with E-state index in [0.717, 1.165) is 6.42 Å². The normalized spacial score (nSPS) is 14.4. The Morgan fingerprint density at radius 1 is 1.35 bits per heavy atom. The van der Waals surface area contributed by atoms with Gasteiger partial charge in [0, 0.05) is 12.6 Å². The van der Waals surface area contributed by atoms with Crippen LogP contribution < -0.4 is 5.32 Å². The second-order valence-corrected chi connectivity index (χ2v) is 4.47. The maximum atomic E-state index is 11.1. The van der Waals surface area contributed by atoms with Crippen LogP contribution in [0.5, 0.6) is 0 Å². The first-order chi connectivity index (χ1) is 8.10. The number of rotatable bonds is 10. The van der Waals surface area contributed by atoms with Gasteiger partial charge < -0.3 is 15.2 Å². The first-order valence-corrected chi connectivity index (χ1v) is 6.67. The predicted molar refractivity (Wildman–Crippen MR) is 68.9 cm³/mol. The van der Waals surface area contributed by atoms with Crippen molar-refractivity contribution >= 4 is 5.97 Å². The fourth-order valence-electron chi connectivity index (χ4n) is 1.62. The van der Waals surface area contributed by atoms with Crippen molar-refractivity contribution in [3.63, 3.8) is 0 Å². The highest BCUT2D eigenvalue weighted by Gasteiger charge is 2.12. The number of hydrogen-bond donors (Lipinski definition) is 2. The summed E-state index contributed by atoms with van der Waals surface area (Å²) in [4.78, 5) is 11.1. The van der Waals surface area contributed by atoms with E-state index in [4.69, 9.17) is 4.74 Å². The molecule has 0 radical (unpaired) electrons. The molecule has 0 aliphatic heterocycles. The lowest BCUT2D eigenvalue weighted by molar-refractivity contribution is -0.145. The molecule has 17 heavy (non-hydrogen) atoms. The first kappa shape index (κ1) is 16.4. The number of hydrogen-bond acceptors (Lipinski definition) is 4. The molecule has 0 amide bonds. The van der Waals surface area contributed by atoms with Crippen molar-refractivity contribution in [3.8, 4) is 0 Å². The molecule has 2 atom stereocenters. The molecule has 4 heteroatoms. The predicted octanol–water partition coefficient (Wildman–Crippen LogP) is 1.86. The lowest BCUT2D eigenvalue weighted by Gasteiger charge is -2.16. The van der Waals surface area contributed by atoms with Crippen LogP contribution in [0.4, 0.5) is 0 Å². The third kappa shape index (κ3) is 10.3. The van der Waals surface area contributed by atoms with Gasteiger partial charge in [-0.15, -0.1) is 0 Å². The van der Waals surface area contributed by atoms with Crippen molar-refractivity contribution in [2.24, 2.45) is 0 Å². The molecule has 102 valence electrons. The Balaban J connectivity index is 3.54. The van der Waals surface area contributed by atoms with Gasteiger partial charge in [-0.05, 0) is 20.3 Å². The quantitative estimate of drug-likeness (QED) is 0.455. The van der Waals surface area contributed by atoms with E-state index in [1.54, 1.807) is 6.92 Å². The van der Waals surface area contributed by atoms with Crippen molar-refractivity contribution in [2.45, 2.75) is 65.0 Å². The molecule has 2 N–H and O–H groups in total. The number of esters is 1. The molecule has 0 aromatic rings. The molecule has 0 aromatic carbocycles. The van der Waals surface area contributed by atoms with Crippen LogP contribution in [0.1, 0.15) is 52.9 Å². The van der Waals surface area contributed by atoms with E-state index >= 15 is 0 Å². The minimum Gasteiger partial charge on any atom is -0.466 e. The second-order valence-electron chi connectivity index (χ2n) is 4.47. The van der Waals surface area contributed by atoms with E-state index in [9.17, 15) is 9.90 Å². The Hall–Kier alpha value is -0.610. The molecule has 0 saturated heterocycles. The van der Waals surface area contributed by atoms with Gasteiger partial charge in [-0.1, -0.05) is 26.2 Å². The summed E-state index contributed by atoms with van der Waals surface area (Å²) in [7, 11) is 0. The zero-order chi connectivity index (χ0) is 13.1. The standard InChI is InChI=1S/C13H27NO3/c1-4-6-7-8-11(3)14-10-12(15)9-13(16)17-5-2/h11-12,14-15H,4-10H2,1-3H3. The fourth-order valence-corrected chi connectivity index (χ4v) is 1.62. The van der Waals surface area contributed by atoms with Gasteiger partial charge in [0.1, 0.15) is 0 Å². The zero-order valence-corrected chi connectivity index (χ0v) is 11.4. The van der Waals surface area contributed by atoms with Crippen LogP contribution in [0.3, 0.4) is 0 Å². The number of ether oxygens (including phenoxy) is 1. The number of nitrogens with one attached hydrogen (secondary N) is 1. The Morgan fingerprint density at radius 2 is 2.06 bits per heavy atom. The average molecular weight is 245 g/mol. The first-order valence-electron chi connectivity index (χ1n) is 6.67. The summed E-state index contributed by atoms with van der Waals surface area (Å²) < 4.78 is 4.77. The summed E-state index contributed by atoms with van der Waals surface area (Å²) in [5, 5.41) is 12.8. The smallest absolute Gasteiger partial charge is 0.308 e. The fraction of sp³-hybridized carbons (Fsp3) is 0.923. The van der Waals surface area contributed by atoms with E-state index in [1.807, 2.05) is 0 Å². The number of aliphatic hydroxyl groups is 1. The van der Waals surface area contributed by atoms with E-state index in [0.29, 0.717) is 19.2 Å². The molecule has 4 nitrogen and oxygen atoms in total. The van der Waals surface area contributed by atoms with Crippen molar-refractivity contribution in [1.82, 2.24) is 5.32 Å². The maximum Gasteiger partial charge on any atom is 0.308 e. The number of unbranched alkanes of at least 4 members (excludes halogenated alkanes) is 2. The Labute approximate surface area is 105 Å². The average Bonchev–Trinajstić information content (AvgIpc) is 2.27. The summed E-state index contributed by atoms with van der Waals surface area (Å²) in [6, 6.07) is 0.387. The molecule has 2 unspecified atom stereocenters. The summed E-state index contributed by atoms with van der Waals surface area (Å²) in [6.07, 6.45) is 4.21. The van der Waals surface area contributed by atoms with Gasteiger partial charge in [-0.3, -0.25) is 4.79 Å². The molecule has 0 bridgehead atoms. The second kappa shape index (κ2) is 10.5. The number of carbonyl (C=O) groups excluding carboxylic acids is 1. The van der Waals surface area contributed by atoms with E-state index < -0.39 is 6.10 Å². The molecular formula is C13H27NO3. The summed E-state index contributed by atoms with van der Waals surface area (Å²) >= 11 is 0. The summed E-state index contributed by atoms with van der Waals surface area (Å²) in [5.41, 5.74) is 0. The molecule has 0 spiro atoms. The zero-order valence-electron chi connectivity index (χ0n) is 11.4. The number of carbonyl (C=O) groups is 1. The third-order valence-corrected chi connectivity index (χ3v) is 2.65. The van der Waals surface area contributed by atoms with E-state index in [2.05, 4.69) is 19.2 Å². The van der Waals surface area contributed by atoms with Crippen LogP contribution in [-0.2, 0) is 9.53 Å². The largest absolute Gasteiger partial charge is 0.466 e. The third-order valence-electron chi connectivity index (χ3n) is 2.65. The van der Waals surface area contributed by atoms with Crippen molar-refractivity contribution in [3.05, 3.63) is 0 Å². The minimum atomic E-state index is -0.650. The van der Waals surface area contributed by atoms with Gasteiger partial charge in [-0.2, -0.15) is 0 Å². The molecule has 0 heterocycles. The van der Waals surface area contributed by atoms with Gasteiger partial charge in [0.15, 0.2) is 0 Å². The highest BCUT2D eigenvalue weighted by molar-refractivity contribution is 5.69. The SMILES string of the molecule is CCCCCC(C)NCC(O)CC(=O)OCC. The lowest BCUT2D eigenvalue weighted by Crippen LogP contribution is -2.35. The maximum absolute atomic E-state index is 11.1. The van der Waals surface area contributed by atoms with Crippen molar-refractivity contribution in [2.75, 3.05) is 13.2 Å². The van der Waals surface area contributed by atoms with Crippen LogP contribution in [-0.4, -0.2) is 36.4 Å². The molecular weight excluding hydrogens is 218 g/mol. The van der Waals surface area contributed by atoms with Crippen molar-refractivity contribution in [1.29, 1.82) is 0 Å².